The molecule has 0 radical (unpaired) electrons. The van der Waals surface area contributed by atoms with E-state index in [9.17, 15) is 17.2 Å². The molecule has 1 heterocycles. The molecule has 0 saturated carbocycles. The molecule has 0 amide bonds. The van der Waals surface area contributed by atoms with E-state index in [1.165, 1.54) is 11.4 Å². The number of aliphatic hydroxyl groups is 1. The molecule has 0 fully saturated rings. The second kappa shape index (κ2) is 5.24. The van der Waals surface area contributed by atoms with Crippen molar-refractivity contribution in [1.82, 2.24) is 0 Å². The predicted molar refractivity (Wildman–Crippen MR) is 67.4 cm³/mol. The van der Waals surface area contributed by atoms with Crippen molar-refractivity contribution in [3.8, 4) is 0 Å². The molecular formula is C11H9F2NO3S2. The molecule has 1 aromatic carbocycles. The highest BCUT2D eigenvalue weighted by Crippen LogP contribution is 2.24. The summed E-state index contributed by atoms with van der Waals surface area (Å²) in [7, 11) is -3.98. The lowest BCUT2D eigenvalue weighted by Gasteiger charge is -2.08. The predicted octanol–water partition coefficient (Wildman–Crippen LogP) is 2.32. The van der Waals surface area contributed by atoms with Crippen LogP contribution in [-0.4, -0.2) is 13.5 Å². The lowest BCUT2D eigenvalue weighted by atomic mass is 10.3. The topological polar surface area (TPSA) is 66.4 Å². The van der Waals surface area contributed by atoms with Crippen LogP contribution in [0.15, 0.2) is 34.5 Å². The van der Waals surface area contributed by atoms with E-state index in [2.05, 4.69) is 4.72 Å². The van der Waals surface area contributed by atoms with Crippen LogP contribution in [0, 0.1) is 11.6 Å². The molecule has 0 aliphatic carbocycles. The molecule has 8 heteroatoms. The number of sulfonamides is 1. The van der Waals surface area contributed by atoms with Crippen molar-refractivity contribution in [3.05, 3.63) is 46.2 Å². The maximum atomic E-state index is 13.0. The molecule has 0 saturated heterocycles. The molecule has 2 N–H and O–H groups in total. The van der Waals surface area contributed by atoms with Crippen LogP contribution in [0.1, 0.15) is 4.88 Å². The number of hydrogen-bond acceptors (Lipinski definition) is 4. The monoisotopic (exact) mass is 305 g/mol. The van der Waals surface area contributed by atoms with Gasteiger partial charge in [0.25, 0.3) is 10.0 Å². The molecule has 0 bridgehead atoms. The summed E-state index contributed by atoms with van der Waals surface area (Å²) in [6, 6.07) is 3.69. The van der Waals surface area contributed by atoms with Crippen molar-refractivity contribution in [2.45, 2.75) is 11.5 Å². The van der Waals surface area contributed by atoms with Crippen molar-refractivity contribution in [2.75, 3.05) is 4.72 Å². The molecule has 0 aliphatic rings. The van der Waals surface area contributed by atoms with E-state index >= 15 is 0 Å². The highest BCUT2D eigenvalue weighted by Gasteiger charge is 2.20. The lowest BCUT2D eigenvalue weighted by Crippen LogP contribution is -2.14. The van der Waals surface area contributed by atoms with Gasteiger partial charge in [0.05, 0.1) is 17.2 Å². The summed E-state index contributed by atoms with van der Waals surface area (Å²) < 4.78 is 52.0. The Kier molecular flexibility index (Phi) is 3.83. The van der Waals surface area contributed by atoms with E-state index in [1.54, 1.807) is 0 Å². The molecule has 0 aliphatic heterocycles. The van der Waals surface area contributed by atoms with E-state index in [4.69, 9.17) is 5.11 Å². The summed E-state index contributed by atoms with van der Waals surface area (Å²) in [6.07, 6.45) is 0. The Morgan fingerprint density at radius 2 is 1.84 bits per heavy atom. The van der Waals surface area contributed by atoms with E-state index in [0.29, 0.717) is 6.07 Å². The van der Waals surface area contributed by atoms with Crippen LogP contribution in [0.25, 0.3) is 0 Å². The van der Waals surface area contributed by atoms with Crippen LogP contribution in [0.2, 0.25) is 0 Å². The first-order valence-electron chi connectivity index (χ1n) is 5.08. The van der Waals surface area contributed by atoms with Gasteiger partial charge >= 0.3 is 0 Å². The Morgan fingerprint density at radius 3 is 2.42 bits per heavy atom. The summed E-state index contributed by atoms with van der Waals surface area (Å²) in [4.78, 5) is 0.147. The number of halogens is 2. The lowest BCUT2D eigenvalue weighted by molar-refractivity contribution is 0.282. The minimum atomic E-state index is -3.98. The Hall–Kier alpha value is -1.51. The third-order valence-corrected chi connectivity index (χ3v) is 4.75. The minimum absolute atomic E-state index is 0.107. The number of rotatable bonds is 4. The molecule has 0 spiro atoms. The van der Waals surface area contributed by atoms with Gasteiger partial charge in [-0.2, -0.15) is 0 Å². The van der Waals surface area contributed by atoms with Gasteiger partial charge in [-0.3, -0.25) is 4.72 Å². The Morgan fingerprint density at radius 1 is 1.21 bits per heavy atom. The molecule has 4 nitrogen and oxygen atoms in total. The van der Waals surface area contributed by atoms with E-state index < -0.39 is 28.3 Å². The summed E-state index contributed by atoms with van der Waals surface area (Å²) in [5.74, 6) is -1.77. The number of anilines is 1. The molecule has 0 atom stereocenters. The maximum Gasteiger partial charge on any atom is 0.263 e. The molecule has 19 heavy (non-hydrogen) atoms. The van der Waals surface area contributed by atoms with Gasteiger partial charge in [-0.15, -0.1) is 11.3 Å². The molecule has 1 aromatic heterocycles. The second-order valence-electron chi connectivity index (χ2n) is 3.63. The van der Waals surface area contributed by atoms with Crippen molar-refractivity contribution < 1.29 is 22.3 Å². The van der Waals surface area contributed by atoms with Gasteiger partial charge in [0.2, 0.25) is 0 Å². The summed E-state index contributed by atoms with van der Waals surface area (Å²) in [5.41, 5.74) is -0.215. The number of aliphatic hydroxyl groups excluding tert-OH is 1. The molecule has 2 rings (SSSR count). The van der Waals surface area contributed by atoms with Gasteiger partial charge in [0.15, 0.2) is 0 Å². The highest BCUT2D eigenvalue weighted by molar-refractivity contribution is 7.93. The van der Waals surface area contributed by atoms with Crippen molar-refractivity contribution in [1.29, 1.82) is 0 Å². The first kappa shape index (κ1) is 13.9. The standard InChI is InChI=1S/C11H9F2NO3S2/c12-7-3-8(13)5-9(4-7)14-19(16,17)11-1-2-18-10(11)6-15/h1-5,14-15H,6H2. The molecule has 0 unspecified atom stereocenters. The third kappa shape index (κ3) is 3.09. The second-order valence-corrected chi connectivity index (χ2v) is 6.28. The highest BCUT2D eigenvalue weighted by atomic mass is 32.2. The quantitative estimate of drug-likeness (QED) is 0.911. The Bertz CT molecular complexity index is 677. The Labute approximate surface area is 112 Å². The van der Waals surface area contributed by atoms with Crippen molar-refractivity contribution in [2.24, 2.45) is 0 Å². The SMILES string of the molecule is O=S(=O)(Nc1cc(F)cc(F)c1)c1ccsc1CO. The zero-order valence-corrected chi connectivity index (χ0v) is 11.1. The summed E-state index contributed by atoms with van der Waals surface area (Å²) in [6.45, 7) is -0.425. The van der Waals surface area contributed by atoms with Crippen LogP contribution in [0.4, 0.5) is 14.5 Å². The zero-order valence-electron chi connectivity index (χ0n) is 9.43. The van der Waals surface area contributed by atoms with Gasteiger partial charge in [-0.25, -0.2) is 17.2 Å². The molecular weight excluding hydrogens is 296 g/mol. The van der Waals surface area contributed by atoms with Crippen LogP contribution < -0.4 is 4.72 Å². The normalized spacial score (nSPS) is 11.5. The van der Waals surface area contributed by atoms with Crippen LogP contribution in [-0.2, 0) is 16.6 Å². The fourth-order valence-electron chi connectivity index (χ4n) is 1.51. The minimum Gasteiger partial charge on any atom is -0.391 e. The number of thiophene rings is 1. The fourth-order valence-corrected chi connectivity index (χ4v) is 3.84. The maximum absolute atomic E-state index is 13.0. The first-order valence-corrected chi connectivity index (χ1v) is 7.45. The van der Waals surface area contributed by atoms with Crippen LogP contribution in [0.3, 0.4) is 0 Å². The van der Waals surface area contributed by atoms with E-state index in [0.717, 1.165) is 23.5 Å². The molecule has 102 valence electrons. The molecule has 2 aromatic rings. The van der Waals surface area contributed by atoms with Gasteiger partial charge in [-0.05, 0) is 23.6 Å². The number of benzene rings is 1. The summed E-state index contributed by atoms with van der Waals surface area (Å²) >= 11 is 1.08. The van der Waals surface area contributed by atoms with E-state index in [-0.39, 0.29) is 15.5 Å². The largest absolute Gasteiger partial charge is 0.391 e. The zero-order chi connectivity index (χ0) is 14.0. The van der Waals surface area contributed by atoms with Gasteiger partial charge in [-0.1, -0.05) is 0 Å². The number of nitrogens with one attached hydrogen (secondary N) is 1. The average molecular weight is 305 g/mol. The van der Waals surface area contributed by atoms with Crippen molar-refractivity contribution >= 4 is 27.0 Å². The number of hydrogen-bond donors (Lipinski definition) is 2. The van der Waals surface area contributed by atoms with Gasteiger partial charge < -0.3 is 5.11 Å². The van der Waals surface area contributed by atoms with Crippen molar-refractivity contribution in [3.63, 3.8) is 0 Å². The van der Waals surface area contributed by atoms with Gasteiger partial charge in [0, 0.05) is 6.07 Å². The average Bonchev–Trinajstić information content (AvgIpc) is 2.75. The van der Waals surface area contributed by atoms with E-state index in [1.807, 2.05) is 0 Å². The van der Waals surface area contributed by atoms with Crippen LogP contribution in [0.5, 0.6) is 0 Å². The fraction of sp³-hybridized carbons (Fsp3) is 0.0909. The van der Waals surface area contributed by atoms with Crippen LogP contribution >= 0.6 is 11.3 Å². The van der Waals surface area contributed by atoms with Gasteiger partial charge in [0.1, 0.15) is 16.5 Å². The third-order valence-electron chi connectivity index (χ3n) is 2.25. The Balaban J connectivity index is 2.36. The smallest absolute Gasteiger partial charge is 0.263 e. The summed E-state index contributed by atoms with van der Waals surface area (Å²) in [5, 5.41) is 10.5. The first-order chi connectivity index (χ1) is 8.92.